The van der Waals surface area contributed by atoms with Crippen molar-refractivity contribution < 1.29 is 14.3 Å². The van der Waals surface area contributed by atoms with Crippen LogP contribution in [0.4, 0.5) is 4.79 Å². The van der Waals surface area contributed by atoms with Gasteiger partial charge in [-0.05, 0) is 25.0 Å². The van der Waals surface area contributed by atoms with Gasteiger partial charge < -0.3 is 20.1 Å². The predicted molar refractivity (Wildman–Crippen MR) is 81.1 cm³/mol. The van der Waals surface area contributed by atoms with Crippen LogP contribution in [-0.4, -0.2) is 47.8 Å². The number of amides is 2. The highest BCUT2D eigenvalue weighted by Gasteiger charge is 2.47. The van der Waals surface area contributed by atoms with Crippen molar-refractivity contribution in [1.82, 2.24) is 9.88 Å². The number of hydrogen-bond donors (Lipinski definition) is 1. The third kappa shape index (κ3) is 3.23. The molecule has 2 N–H and O–H groups in total. The number of carbonyl (C=O) groups excluding carboxylic acids is 1. The van der Waals surface area contributed by atoms with Crippen LogP contribution in [0.5, 0.6) is 0 Å². The van der Waals surface area contributed by atoms with Crippen LogP contribution < -0.4 is 5.73 Å². The molecule has 1 spiro atoms. The van der Waals surface area contributed by atoms with E-state index in [0.717, 1.165) is 25.0 Å². The summed E-state index contributed by atoms with van der Waals surface area (Å²) in [6.45, 7) is 2.86. The highest BCUT2D eigenvalue weighted by atomic mass is 16.5. The van der Waals surface area contributed by atoms with Gasteiger partial charge in [-0.15, -0.1) is 0 Å². The molecule has 1 aliphatic carbocycles. The van der Waals surface area contributed by atoms with Gasteiger partial charge in [0.2, 0.25) is 0 Å². The molecule has 2 amide bonds. The van der Waals surface area contributed by atoms with Crippen molar-refractivity contribution in [3.8, 4) is 0 Å². The number of ether oxygens (including phenoxy) is 2. The molecule has 6 nitrogen and oxygen atoms in total. The lowest BCUT2D eigenvalue weighted by atomic mass is 9.89. The number of nitrogens with two attached hydrogens (primary N) is 1. The van der Waals surface area contributed by atoms with Gasteiger partial charge >= 0.3 is 6.03 Å². The van der Waals surface area contributed by atoms with E-state index in [4.69, 9.17) is 15.2 Å². The van der Waals surface area contributed by atoms with Gasteiger partial charge in [-0.3, -0.25) is 4.98 Å². The molecular weight excluding hydrogens is 282 g/mol. The van der Waals surface area contributed by atoms with E-state index in [1.165, 1.54) is 0 Å². The average Bonchev–Trinajstić information content (AvgIpc) is 2.90. The Balaban J connectivity index is 1.57. The molecule has 0 aromatic carbocycles. The summed E-state index contributed by atoms with van der Waals surface area (Å²) in [4.78, 5) is 17.4. The molecule has 2 fully saturated rings. The molecule has 1 saturated carbocycles. The maximum absolute atomic E-state index is 11.5. The van der Waals surface area contributed by atoms with Crippen molar-refractivity contribution in [1.29, 1.82) is 0 Å². The lowest BCUT2D eigenvalue weighted by Gasteiger charge is -2.43. The van der Waals surface area contributed by atoms with Crippen LogP contribution >= 0.6 is 0 Å². The van der Waals surface area contributed by atoms with E-state index < -0.39 is 0 Å². The number of rotatable bonds is 4. The minimum atomic E-state index is -0.359. The second kappa shape index (κ2) is 6.62. The zero-order valence-electron chi connectivity index (χ0n) is 12.7. The third-order valence-electron chi connectivity index (χ3n) is 4.71. The quantitative estimate of drug-likeness (QED) is 0.915. The van der Waals surface area contributed by atoms with Crippen LogP contribution in [0.2, 0.25) is 0 Å². The van der Waals surface area contributed by atoms with Gasteiger partial charge in [-0.1, -0.05) is 12.5 Å². The molecule has 3 rings (SSSR count). The smallest absolute Gasteiger partial charge is 0.314 e. The van der Waals surface area contributed by atoms with Crippen molar-refractivity contribution in [2.75, 3.05) is 26.3 Å². The maximum atomic E-state index is 11.5. The average molecular weight is 305 g/mol. The first-order valence-electron chi connectivity index (χ1n) is 7.86. The Morgan fingerprint density at radius 2 is 2.45 bits per heavy atom. The molecule has 22 heavy (non-hydrogen) atoms. The van der Waals surface area contributed by atoms with Crippen molar-refractivity contribution in [2.24, 2.45) is 11.7 Å². The molecule has 120 valence electrons. The minimum Gasteiger partial charge on any atom is -0.375 e. The van der Waals surface area contributed by atoms with Crippen molar-refractivity contribution in [3.63, 3.8) is 0 Å². The Bertz CT molecular complexity index is 511. The van der Waals surface area contributed by atoms with E-state index in [-0.39, 0.29) is 11.6 Å². The maximum Gasteiger partial charge on any atom is 0.314 e. The Morgan fingerprint density at radius 1 is 1.55 bits per heavy atom. The summed E-state index contributed by atoms with van der Waals surface area (Å²) < 4.78 is 11.9. The monoisotopic (exact) mass is 305 g/mol. The summed E-state index contributed by atoms with van der Waals surface area (Å²) in [6, 6.07) is 5.44. The van der Waals surface area contributed by atoms with Crippen molar-refractivity contribution in [3.05, 3.63) is 30.1 Å². The molecular formula is C16H23N3O3. The van der Waals surface area contributed by atoms with Gasteiger partial charge in [-0.25, -0.2) is 4.79 Å². The van der Waals surface area contributed by atoms with E-state index in [1.54, 1.807) is 11.1 Å². The second-order valence-corrected chi connectivity index (χ2v) is 6.10. The molecule has 1 saturated heterocycles. The van der Waals surface area contributed by atoms with Crippen molar-refractivity contribution in [2.45, 2.75) is 31.5 Å². The topological polar surface area (TPSA) is 77.7 Å². The van der Waals surface area contributed by atoms with E-state index in [0.29, 0.717) is 38.8 Å². The molecule has 2 atom stereocenters. The summed E-state index contributed by atoms with van der Waals surface area (Å²) >= 11 is 0. The fraction of sp³-hybridized carbons (Fsp3) is 0.625. The van der Waals surface area contributed by atoms with Crippen LogP contribution in [0.15, 0.2) is 24.4 Å². The molecule has 1 aromatic rings. The minimum absolute atomic E-state index is 0.280. The number of morpholine rings is 1. The lowest BCUT2D eigenvalue weighted by Crippen LogP contribution is -2.57. The Morgan fingerprint density at radius 3 is 3.23 bits per heavy atom. The molecule has 0 unspecified atom stereocenters. The van der Waals surface area contributed by atoms with Gasteiger partial charge in [0.05, 0.1) is 37.7 Å². The first-order valence-corrected chi connectivity index (χ1v) is 7.86. The van der Waals surface area contributed by atoms with Gasteiger partial charge in [0, 0.05) is 18.7 Å². The Labute approximate surface area is 130 Å². The highest BCUT2D eigenvalue weighted by Crippen LogP contribution is 2.41. The zero-order valence-corrected chi connectivity index (χ0v) is 12.7. The Hall–Kier alpha value is -1.66. The van der Waals surface area contributed by atoms with Gasteiger partial charge in [0.25, 0.3) is 0 Å². The molecule has 6 heteroatoms. The van der Waals surface area contributed by atoms with E-state index in [9.17, 15) is 4.79 Å². The van der Waals surface area contributed by atoms with Crippen LogP contribution in [0.3, 0.4) is 0 Å². The van der Waals surface area contributed by atoms with Crippen molar-refractivity contribution >= 4 is 6.03 Å². The van der Waals surface area contributed by atoms with Crippen LogP contribution in [0.1, 0.15) is 25.0 Å². The van der Waals surface area contributed by atoms with Crippen LogP contribution in [0.25, 0.3) is 0 Å². The summed E-state index contributed by atoms with van der Waals surface area (Å²) in [5.74, 6) is 0.304. The summed E-state index contributed by atoms with van der Waals surface area (Å²) in [7, 11) is 0. The number of carbonyl (C=O) groups is 1. The zero-order chi connectivity index (χ0) is 15.4. The van der Waals surface area contributed by atoms with Gasteiger partial charge in [0.1, 0.15) is 0 Å². The molecule has 2 aliphatic rings. The number of primary amides is 1. The van der Waals surface area contributed by atoms with E-state index in [1.807, 2.05) is 18.2 Å². The molecule has 0 bridgehead atoms. The number of nitrogens with zero attached hydrogens (tertiary/aromatic N) is 2. The van der Waals surface area contributed by atoms with Gasteiger partial charge in [-0.2, -0.15) is 0 Å². The summed E-state index contributed by atoms with van der Waals surface area (Å²) in [6.07, 6.45) is 4.90. The number of urea groups is 1. The first kappa shape index (κ1) is 15.2. The first-order chi connectivity index (χ1) is 10.7. The fourth-order valence-corrected chi connectivity index (χ4v) is 3.53. The summed E-state index contributed by atoms with van der Waals surface area (Å²) in [5.41, 5.74) is 6.08. The lowest BCUT2D eigenvalue weighted by molar-refractivity contribution is -0.132. The second-order valence-electron chi connectivity index (χ2n) is 6.10. The normalized spacial score (nSPS) is 28.2. The SMILES string of the molecule is NC(=O)N1CCO[C@]2(CCC[C@@H]2COCc2ccccn2)C1. The number of hydrogen-bond acceptors (Lipinski definition) is 4. The van der Waals surface area contributed by atoms with Crippen LogP contribution in [-0.2, 0) is 16.1 Å². The van der Waals surface area contributed by atoms with E-state index >= 15 is 0 Å². The number of pyridine rings is 1. The molecule has 1 aromatic heterocycles. The number of aromatic nitrogens is 1. The fourth-order valence-electron chi connectivity index (χ4n) is 3.53. The molecule has 2 heterocycles. The third-order valence-corrected chi connectivity index (χ3v) is 4.71. The molecule has 0 radical (unpaired) electrons. The van der Waals surface area contributed by atoms with Gasteiger partial charge in [0.15, 0.2) is 0 Å². The van der Waals surface area contributed by atoms with E-state index in [2.05, 4.69) is 4.98 Å². The Kier molecular flexibility index (Phi) is 4.59. The highest BCUT2D eigenvalue weighted by molar-refractivity contribution is 5.72. The standard InChI is InChI=1S/C16H23N3O3/c17-15(20)19-8-9-22-16(12-19)6-3-4-13(16)10-21-11-14-5-1-2-7-18-14/h1-2,5,7,13H,3-4,6,8-12H2,(H2,17,20)/t13-,16-/m1/s1. The largest absolute Gasteiger partial charge is 0.375 e. The van der Waals surface area contributed by atoms with Crippen LogP contribution in [0, 0.1) is 5.92 Å². The summed E-state index contributed by atoms with van der Waals surface area (Å²) in [5, 5.41) is 0. The predicted octanol–water partition coefficient (Wildman–Crippen LogP) is 1.55. The molecule has 1 aliphatic heterocycles.